The highest BCUT2D eigenvalue weighted by molar-refractivity contribution is 7.10. The number of hydrogen-bond donors (Lipinski definition) is 2. The number of nitrogens with one attached hydrogen (secondary N) is 2. The van der Waals surface area contributed by atoms with Gasteiger partial charge in [-0.1, -0.05) is 36.8 Å². The molecule has 1 aliphatic carbocycles. The fourth-order valence-electron chi connectivity index (χ4n) is 2.92. The van der Waals surface area contributed by atoms with Crippen LogP contribution in [0.5, 0.6) is 0 Å². The fraction of sp³-hybridized carbons (Fsp3) is 0.438. The number of rotatable bonds is 3. The van der Waals surface area contributed by atoms with Crippen LogP contribution in [0.15, 0.2) is 30.3 Å². The van der Waals surface area contributed by atoms with Gasteiger partial charge in [0.05, 0.1) is 5.92 Å². The summed E-state index contributed by atoms with van der Waals surface area (Å²) in [5, 5.41) is 5.46. The van der Waals surface area contributed by atoms with Crippen molar-refractivity contribution in [2.75, 3.05) is 5.32 Å². The molecule has 0 unspecified atom stereocenters. The van der Waals surface area contributed by atoms with E-state index < -0.39 is 24.2 Å². The Labute approximate surface area is 146 Å². The van der Waals surface area contributed by atoms with Gasteiger partial charge in [-0.15, -0.1) is 0 Å². The molecule has 5 nitrogen and oxygen atoms in total. The van der Waals surface area contributed by atoms with E-state index in [1.807, 2.05) is 30.3 Å². The maximum absolute atomic E-state index is 12.8. The third-order valence-electron chi connectivity index (χ3n) is 4.15. The smallest absolute Gasteiger partial charge is 0.335 e. The van der Waals surface area contributed by atoms with Crippen molar-refractivity contribution in [1.82, 2.24) is 14.7 Å². The minimum atomic E-state index is -4.21. The van der Waals surface area contributed by atoms with Crippen LogP contribution in [-0.2, 0) is 0 Å². The van der Waals surface area contributed by atoms with Gasteiger partial charge in [-0.05, 0) is 19.3 Å². The van der Waals surface area contributed by atoms with Crippen molar-refractivity contribution in [3.8, 4) is 11.4 Å². The van der Waals surface area contributed by atoms with Crippen LogP contribution in [0.25, 0.3) is 11.4 Å². The molecule has 2 N–H and O–H groups in total. The average molecular weight is 370 g/mol. The number of amides is 2. The summed E-state index contributed by atoms with van der Waals surface area (Å²) in [6, 6.07) is 8.26. The number of benzene rings is 1. The molecule has 1 heterocycles. The molecule has 2 aromatic rings. The highest BCUT2D eigenvalue weighted by Gasteiger charge is 2.42. The molecule has 3 rings (SSSR count). The first kappa shape index (κ1) is 17.7. The second-order valence-electron chi connectivity index (χ2n) is 5.99. The molecule has 0 saturated heterocycles. The first-order chi connectivity index (χ1) is 11.9. The molecule has 2 atom stereocenters. The number of anilines is 1. The van der Waals surface area contributed by atoms with Crippen LogP contribution >= 0.6 is 11.5 Å². The molecule has 1 aliphatic rings. The monoisotopic (exact) mass is 370 g/mol. The van der Waals surface area contributed by atoms with Gasteiger partial charge in [-0.25, -0.2) is 4.79 Å². The molecule has 0 aliphatic heterocycles. The van der Waals surface area contributed by atoms with Crippen molar-refractivity contribution < 1.29 is 18.0 Å². The lowest BCUT2D eigenvalue weighted by Gasteiger charge is -2.30. The molecule has 0 radical (unpaired) electrons. The molecule has 9 heteroatoms. The second-order valence-corrected chi connectivity index (χ2v) is 6.74. The molecule has 0 bridgehead atoms. The lowest BCUT2D eigenvalue weighted by Crippen LogP contribution is -2.43. The minimum absolute atomic E-state index is 0.0810. The Kier molecular flexibility index (Phi) is 5.22. The lowest BCUT2D eigenvalue weighted by atomic mass is 9.85. The summed E-state index contributed by atoms with van der Waals surface area (Å²) in [7, 11) is 0. The largest absolute Gasteiger partial charge is 0.391 e. The third kappa shape index (κ3) is 4.68. The van der Waals surface area contributed by atoms with Crippen molar-refractivity contribution in [1.29, 1.82) is 0 Å². The van der Waals surface area contributed by atoms with Gasteiger partial charge < -0.3 is 5.32 Å². The van der Waals surface area contributed by atoms with E-state index in [0.717, 1.165) is 17.1 Å². The number of carbonyl (C=O) groups excluding carboxylic acids is 1. The lowest BCUT2D eigenvalue weighted by molar-refractivity contribution is -0.183. The number of halogens is 3. The molecule has 1 aromatic carbocycles. The van der Waals surface area contributed by atoms with Crippen molar-refractivity contribution in [3.05, 3.63) is 30.3 Å². The topological polar surface area (TPSA) is 66.9 Å². The van der Waals surface area contributed by atoms with Gasteiger partial charge in [-0.3, -0.25) is 5.32 Å². The van der Waals surface area contributed by atoms with Gasteiger partial charge in [0.25, 0.3) is 0 Å². The molecule has 1 fully saturated rings. The zero-order chi connectivity index (χ0) is 17.9. The SMILES string of the molecule is O=C(Nc1nc(-c2ccccc2)ns1)N[C@H]1CCC[C@@H](C(F)(F)F)C1. The summed E-state index contributed by atoms with van der Waals surface area (Å²) < 4.78 is 42.6. The zero-order valence-electron chi connectivity index (χ0n) is 13.2. The van der Waals surface area contributed by atoms with Gasteiger partial charge in [0.1, 0.15) is 0 Å². The van der Waals surface area contributed by atoms with Crippen molar-refractivity contribution in [2.45, 2.75) is 37.9 Å². The Morgan fingerprint density at radius 2 is 1.96 bits per heavy atom. The molecule has 1 aromatic heterocycles. The first-order valence-electron chi connectivity index (χ1n) is 7.95. The number of hydrogen-bond acceptors (Lipinski definition) is 4. The van der Waals surface area contributed by atoms with Crippen molar-refractivity contribution in [3.63, 3.8) is 0 Å². The normalized spacial score (nSPS) is 20.9. The van der Waals surface area contributed by atoms with E-state index >= 15 is 0 Å². The molecule has 0 spiro atoms. The van der Waals surface area contributed by atoms with E-state index in [1.165, 1.54) is 0 Å². The van der Waals surface area contributed by atoms with E-state index in [1.54, 1.807) is 0 Å². The summed E-state index contributed by atoms with van der Waals surface area (Å²) in [6.07, 6.45) is -3.17. The maximum atomic E-state index is 12.8. The maximum Gasteiger partial charge on any atom is 0.391 e. The highest BCUT2D eigenvalue weighted by atomic mass is 32.1. The van der Waals surface area contributed by atoms with Gasteiger partial charge >= 0.3 is 12.2 Å². The fourth-order valence-corrected chi connectivity index (χ4v) is 3.50. The Morgan fingerprint density at radius 1 is 1.20 bits per heavy atom. The Balaban J connectivity index is 1.55. The van der Waals surface area contributed by atoms with E-state index in [9.17, 15) is 18.0 Å². The number of aromatic nitrogens is 2. The number of nitrogens with zero attached hydrogens (tertiary/aromatic N) is 2. The van der Waals surface area contributed by atoms with E-state index in [4.69, 9.17) is 0 Å². The predicted molar refractivity (Wildman–Crippen MR) is 89.3 cm³/mol. The summed E-state index contributed by atoms with van der Waals surface area (Å²) >= 11 is 1.03. The Hall–Kier alpha value is -2.16. The predicted octanol–water partition coefficient (Wildman–Crippen LogP) is 4.45. The van der Waals surface area contributed by atoms with Crippen LogP contribution in [-0.4, -0.2) is 27.6 Å². The standard InChI is InChI=1S/C16H17F3N4OS/c17-16(18,19)11-7-4-8-12(9-11)20-14(24)22-15-21-13(23-25-15)10-5-2-1-3-6-10/h1-3,5-6,11-12H,4,7-9H2,(H2,20,21,22,23,24)/t11-,12+/m1/s1. The number of urea groups is 1. The van der Waals surface area contributed by atoms with Crippen LogP contribution in [0.4, 0.5) is 23.1 Å². The van der Waals surface area contributed by atoms with E-state index in [0.29, 0.717) is 23.8 Å². The summed E-state index contributed by atoms with van der Waals surface area (Å²) in [6.45, 7) is 0. The van der Waals surface area contributed by atoms with Crippen molar-refractivity contribution >= 4 is 22.7 Å². The Bertz CT molecular complexity index is 720. The van der Waals surface area contributed by atoms with Crippen LogP contribution in [0, 0.1) is 5.92 Å². The summed E-state index contributed by atoms with van der Waals surface area (Å²) in [5.41, 5.74) is 0.826. The highest BCUT2D eigenvalue weighted by Crippen LogP contribution is 2.37. The van der Waals surface area contributed by atoms with Crippen LogP contribution in [0.2, 0.25) is 0 Å². The van der Waals surface area contributed by atoms with Gasteiger partial charge in [0.15, 0.2) is 5.82 Å². The summed E-state index contributed by atoms with van der Waals surface area (Å²) in [4.78, 5) is 16.2. The zero-order valence-corrected chi connectivity index (χ0v) is 14.0. The van der Waals surface area contributed by atoms with Gasteiger partial charge in [-0.2, -0.15) is 22.5 Å². The first-order valence-corrected chi connectivity index (χ1v) is 8.72. The van der Waals surface area contributed by atoms with Crippen LogP contribution < -0.4 is 10.6 Å². The third-order valence-corrected chi connectivity index (χ3v) is 4.78. The summed E-state index contributed by atoms with van der Waals surface area (Å²) in [5.74, 6) is -0.853. The van der Waals surface area contributed by atoms with Crippen LogP contribution in [0.3, 0.4) is 0 Å². The number of alkyl halides is 3. The number of carbonyl (C=O) groups is 1. The molecule has 1 saturated carbocycles. The quantitative estimate of drug-likeness (QED) is 0.839. The molecule has 2 amide bonds. The van der Waals surface area contributed by atoms with Gasteiger partial charge in [0.2, 0.25) is 5.13 Å². The Morgan fingerprint density at radius 3 is 2.68 bits per heavy atom. The average Bonchev–Trinajstić information content (AvgIpc) is 3.03. The molecule has 25 heavy (non-hydrogen) atoms. The van der Waals surface area contributed by atoms with E-state index in [2.05, 4.69) is 20.0 Å². The van der Waals surface area contributed by atoms with Crippen molar-refractivity contribution in [2.24, 2.45) is 5.92 Å². The minimum Gasteiger partial charge on any atom is -0.335 e. The molecule has 134 valence electrons. The second kappa shape index (κ2) is 7.38. The van der Waals surface area contributed by atoms with Crippen LogP contribution in [0.1, 0.15) is 25.7 Å². The van der Waals surface area contributed by atoms with Gasteiger partial charge in [0, 0.05) is 23.1 Å². The molecular formula is C16H17F3N4OS. The molecular weight excluding hydrogens is 353 g/mol. The van der Waals surface area contributed by atoms with E-state index in [-0.39, 0.29) is 12.8 Å².